The van der Waals surface area contributed by atoms with Crippen LogP contribution in [0.25, 0.3) is 10.2 Å². The van der Waals surface area contributed by atoms with Crippen molar-refractivity contribution in [2.45, 2.75) is 27.3 Å². The van der Waals surface area contributed by atoms with E-state index in [1.807, 2.05) is 6.92 Å². The van der Waals surface area contributed by atoms with E-state index in [1.54, 1.807) is 26.1 Å². The molecule has 1 N–H and O–H groups in total. The van der Waals surface area contributed by atoms with E-state index in [4.69, 9.17) is 11.6 Å². The number of hydrogen-bond donors (Lipinski definition) is 1. The van der Waals surface area contributed by atoms with E-state index in [-0.39, 0.29) is 18.0 Å². The molecular formula is C14H14ClN5O2S. The number of aromatic nitrogens is 4. The summed E-state index contributed by atoms with van der Waals surface area (Å²) in [6, 6.07) is 1.77. The molecule has 0 saturated heterocycles. The molecule has 0 aliphatic heterocycles. The van der Waals surface area contributed by atoms with Crippen LogP contribution in [0.5, 0.6) is 0 Å². The van der Waals surface area contributed by atoms with Gasteiger partial charge in [0.2, 0.25) is 0 Å². The number of carbonyl (C=O) groups is 1. The van der Waals surface area contributed by atoms with Gasteiger partial charge in [-0.1, -0.05) is 11.6 Å². The summed E-state index contributed by atoms with van der Waals surface area (Å²) in [5.41, 5.74) is 2.91. The van der Waals surface area contributed by atoms with Crippen LogP contribution in [0.3, 0.4) is 0 Å². The van der Waals surface area contributed by atoms with E-state index in [0.717, 1.165) is 9.55 Å². The fraction of sp³-hybridized carbons (Fsp3) is 0.286. The minimum atomic E-state index is -0.387. The number of thiophene rings is 1. The molecule has 0 unspecified atom stereocenters. The summed E-state index contributed by atoms with van der Waals surface area (Å²) in [5.74, 6) is 0.0369. The van der Waals surface area contributed by atoms with Crippen molar-refractivity contribution < 1.29 is 4.79 Å². The maximum Gasteiger partial charge on any atom is 0.281 e. The van der Waals surface area contributed by atoms with E-state index in [0.29, 0.717) is 26.8 Å². The highest BCUT2D eigenvalue weighted by atomic mass is 35.5. The summed E-state index contributed by atoms with van der Waals surface area (Å²) in [5, 5.41) is 5.10. The van der Waals surface area contributed by atoms with Gasteiger partial charge in [-0.15, -0.1) is 11.3 Å². The van der Waals surface area contributed by atoms with Gasteiger partial charge in [0, 0.05) is 11.1 Å². The van der Waals surface area contributed by atoms with Crippen molar-refractivity contribution in [2.24, 2.45) is 0 Å². The van der Waals surface area contributed by atoms with Crippen molar-refractivity contribution in [2.75, 3.05) is 5.43 Å². The lowest BCUT2D eigenvalue weighted by Crippen LogP contribution is -2.36. The molecule has 9 heteroatoms. The van der Waals surface area contributed by atoms with E-state index in [2.05, 4.69) is 15.5 Å². The summed E-state index contributed by atoms with van der Waals surface area (Å²) in [4.78, 5) is 30.7. The Kier molecular flexibility index (Phi) is 3.95. The zero-order chi connectivity index (χ0) is 16.7. The molecule has 0 saturated carbocycles. The Labute approximate surface area is 140 Å². The molecule has 0 fully saturated rings. The number of fused-ring (bicyclic) bond motifs is 1. The lowest BCUT2D eigenvalue weighted by Gasteiger charge is -2.10. The van der Waals surface area contributed by atoms with Crippen molar-refractivity contribution in [3.05, 3.63) is 44.0 Å². The van der Waals surface area contributed by atoms with Gasteiger partial charge in [0.1, 0.15) is 17.2 Å². The van der Waals surface area contributed by atoms with Gasteiger partial charge in [-0.3, -0.25) is 19.7 Å². The van der Waals surface area contributed by atoms with E-state index >= 15 is 0 Å². The van der Waals surface area contributed by atoms with Crippen LogP contribution in [-0.2, 0) is 11.3 Å². The zero-order valence-electron chi connectivity index (χ0n) is 12.8. The third-order valence-corrected chi connectivity index (χ3v) is 4.60. The molecule has 3 heterocycles. The number of halogens is 1. The molecule has 0 bridgehead atoms. The number of amides is 1. The van der Waals surface area contributed by atoms with Crippen molar-refractivity contribution in [1.82, 2.24) is 19.4 Å². The molecule has 0 aliphatic rings. The lowest BCUT2D eigenvalue weighted by atomic mass is 10.3. The van der Waals surface area contributed by atoms with Crippen LogP contribution in [0.15, 0.2) is 17.1 Å². The first-order chi connectivity index (χ1) is 10.8. The first kappa shape index (κ1) is 15.7. The Morgan fingerprint density at radius 3 is 2.78 bits per heavy atom. The maximum atomic E-state index is 12.5. The second kappa shape index (κ2) is 5.78. The zero-order valence-corrected chi connectivity index (χ0v) is 14.3. The quantitative estimate of drug-likeness (QED) is 0.782. The van der Waals surface area contributed by atoms with E-state index < -0.39 is 0 Å². The fourth-order valence-corrected chi connectivity index (χ4v) is 3.28. The molecule has 3 rings (SSSR count). The molecular weight excluding hydrogens is 338 g/mol. The average molecular weight is 352 g/mol. The molecule has 3 aromatic heterocycles. The fourth-order valence-electron chi connectivity index (χ4n) is 2.22. The van der Waals surface area contributed by atoms with Gasteiger partial charge in [0.05, 0.1) is 16.1 Å². The van der Waals surface area contributed by atoms with Gasteiger partial charge in [0.15, 0.2) is 0 Å². The smallest absolute Gasteiger partial charge is 0.271 e. The Hall–Kier alpha value is -2.19. The summed E-state index contributed by atoms with van der Waals surface area (Å²) < 4.78 is 2.59. The van der Waals surface area contributed by atoms with Crippen molar-refractivity contribution >= 4 is 39.1 Å². The number of aryl methyl sites for hydroxylation is 3. The second-order valence-corrected chi connectivity index (χ2v) is 6.81. The normalized spacial score (nSPS) is 11.1. The highest BCUT2D eigenvalue weighted by Gasteiger charge is 2.13. The maximum absolute atomic E-state index is 12.5. The minimum Gasteiger partial charge on any atom is -0.271 e. The molecule has 0 aliphatic carbocycles. The Balaban J connectivity index is 1.88. The Morgan fingerprint density at radius 1 is 1.39 bits per heavy atom. The van der Waals surface area contributed by atoms with E-state index in [9.17, 15) is 9.59 Å². The number of rotatable bonds is 3. The number of hydrogen-bond acceptors (Lipinski definition) is 5. The summed E-state index contributed by atoms with van der Waals surface area (Å²) >= 11 is 7.36. The highest BCUT2D eigenvalue weighted by Crippen LogP contribution is 2.20. The molecule has 3 aromatic rings. The third kappa shape index (κ3) is 2.99. The van der Waals surface area contributed by atoms with Crippen LogP contribution in [0, 0.1) is 20.8 Å². The SMILES string of the molecule is Cc1cc2c(=O)n(NC(=O)Cn3cc(Cl)c(C)n3)c(C)nc2s1. The number of nitrogens with one attached hydrogen (secondary N) is 1. The third-order valence-electron chi connectivity index (χ3n) is 3.28. The first-order valence-electron chi connectivity index (χ1n) is 6.84. The van der Waals surface area contributed by atoms with Crippen LogP contribution in [0.1, 0.15) is 16.4 Å². The van der Waals surface area contributed by atoms with Gasteiger partial charge in [-0.05, 0) is 26.8 Å². The monoisotopic (exact) mass is 351 g/mol. The predicted molar refractivity (Wildman–Crippen MR) is 89.7 cm³/mol. The van der Waals surface area contributed by atoms with Crippen LogP contribution in [0.4, 0.5) is 0 Å². The summed E-state index contributed by atoms with van der Waals surface area (Å²) in [6.45, 7) is 5.29. The van der Waals surface area contributed by atoms with Gasteiger partial charge < -0.3 is 0 Å². The molecule has 120 valence electrons. The van der Waals surface area contributed by atoms with Gasteiger partial charge in [0.25, 0.3) is 11.5 Å². The summed E-state index contributed by atoms with van der Waals surface area (Å²) in [6.07, 6.45) is 1.57. The second-order valence-electron chi connectivity index (χ2n) is 5.17. The largest absolute Gasteiger partial charge is 0.281 e. The van der Waals surface area contributed by atoms with Crippen molar-refractivity contribution in [3.63, 3.8) is 0 Å². The molecule has 7 nitrogen and oxygen atoms in total. The van der Waals surface area contributed by atoms with Crippen molar-refractivity contribution in [3.8, 4) is 0 Å². The number of nitrogens with zero attached hydrogens (tertiary/aromatic N) is 4. The molecule has 0 atom stereocenters. The number of carbonyl (C=O) groups excluding carboxylic acids is 1. The first-order valence-corrected chi connectivity index (χ1v) is 8.04. The Bertz CT molecular complexity index is 952. The predicted octanol–water partition coefficient (Wildman–Crippen LogP) is 2.00. The molecule has 0 aromatic carbocycles. The topological polar surface area (TPSA) is 81.8 Å². The molecule has 1 amide bonds. The lowest BCUT2D eigenvalue weighted by molar-refractivity contribution is -0.117. The van der Waals surface area contributed by atoms with Crippen LogP contribution >= 0.6 is 22.9 Å². The van der Waals surface area contributed by atoms with Gasteiger partial charge in [-0.25, -0.2) is 9.66 Å². The van der Waals surface area contributed by atoms with Crippen molar-refractivity contribution in [1.29, 1.82) is 0 Å². The van der Waals surface area contributed by atoms with Crippen LogP contribution < -0.4 is 11.0 Å². The standard InChI is InChI=1S/C14H14ClN5O2S/c1-7-4-10-13(23-7)16-9(3)20(14(10)22)18-12(21)6-19-5-11(15)8(2)17-19/h4-5H,6H2,1-3H3,(H,18,21). The van der Waals surface area contributed by atoms with Gasteiger partial charge in [-0.2, -0.15) is 5.10 Å². The van der Waals surface area contributed by atoms with Gasteiger partial charge >= 0.3 is 0 Å². The minimum absolute atomic E-state index is 0.0415. The van der Waals surface area contributed by atoms with Crippen LogP contribution in [-0.4, -0.2) is 25.3 Å². The van der Waals surface area contributed by atoms with E-state index in [1.165, 1.54) is 16.0 Å². The van der Waals surface area contributed by atoms with Crippen LogP contribution in [0.2, 0.25) is 5.02 Å². The highest BCUT2D eigenvalue weighted by molar-refractivity contribution is 7.18. The average Bonchev–Trinajstić information content (AvgIpc) is 2.97. The molecule has 0 spiro atoms. The Morgan fingerprint density at radius 2 is 2.13 bits per heavy atom. The molecule has 23 heavy (non-hydrogen) atoms. The molecule has 0 radical (unpaired) electrons. The summed E-state index contributed by atoms with van der Waals surface area (Å²) in [7, 11) is 0.